The number of hydrogen-bond donors (Lipinski definition) is 1. The molecule has 1 aromatic carbocycles. The second-order valence-corrected chi connectivity index (χ2v) is 5.57. The lowest BCUT2D eigenvalue weighted by Crippen LogP contribution is -2.48. The maximum Gasteiger partial charge on any atom is 0.241 e. The summed E-state index contributed by atoms with van der Waals surface area (Å²) in [6.45, 7) is 4.42. The molecule has 3 rings (SSSR count). The number of rotatable bonds is 2. The van der Waals surface area contributed by atoms with E-state index in [0.717, 1.165) is 31.9 Å². The second kappa shape index (κ2) is 5.31. The van der Waals surface area contributed by atoms with Gasteiger partial charge in [0.05, 0.1) is 6.54 Å². The number of likely N-dealkylation sites (N-methyl/N-ethyl adjacent to an activating group) is 1. The Morgan fingerprint density at radius 3 is 2.95 bits per heavy atom. The number of nitrogens with one attached hydrogen (secondary N) is 1. The lowest BCUT2D eigenvalue weighted by Gasteiger charge is -2.32. The van der Waals surface area contributed by atoms with Crippen molar-refractivity contribution in [2.24, 2.45) is 0 Å². The molecule has 1 unspecified atom stereocenters. The Balaban J connectivity index is 1.80. The minimum Gasteiger partial charge on any atom is -0.316 e. The van der Waals surface area contributed by atoms with Gasteiger partial charge in [-0.1, -0.05) is 12.1 Å². The first-order valence-corrected chi connectivity index (χ1v) is 7.03. The summed E-state index contributed by atoms with van der Waals surface area (Å²) in [6.07, 6.45) is 1.19. The van der Waals surface area contributed by atoms with E-state index >= 15 is 0 Å². The molecule has 0 saturated carbocycles. The van der Waals surface area contributed by atoms with Crippen LogP contribution >= 0.6 is 0 Å². The number of anilines is 1. The fourth-order valence-corrected chi connectivity index (χ4v) is 2.95. The number of carbonyl (C=O) groups is 1. The fourth-order valence-electron chi connectivity index (χ4n) is 2.95. The normalized spacial score (nSPS) is 25.0. The van der Waals surface area contributed by atoms with Crippen molar-refractivity contribution in [3.63, 3.8) is 0 Å². The third kappa shape index (κ3) is 2.65. The zero-order valence-electron chi connectivity index (χ0n) is 11.4. The molecule has 0 spiro atoms. The molecule has 4 nitrogen and oxygen atoms in total. The van der Waals surface area contributed by atoms with Crippen molar-refractivity contribution in [2.75, 3.05) is 44.7 Å². The van der Waals surface area contributed by atoms with Crippen LogP contribution in [0.5, 0.6) is 0 Å². The Morgan fingerprint density at radius 1 is 1.32 bits per heavy atom. The van der Waals surface area contributed by atoms with E-state index in [0.29, 0.717) is 12.5 Å². The molecule has 4 heteroatoms. The molecule has 2 aliphatic rings. The molecule has 1 atom stereocenters. The van der Waals surface area contributed by atoms with Crippen LogP contribution in [0.4, 0.5) is 5.69 Å². The molecule has 0 aliphatic carbocycles. The van der Waals surface area contributed by atoms with Crippen LogP contribution in [0.25, 0.3) is 0 Å². The van der Waals surface area contributed by atoms with Crippen molar-refractivity contribution < 1.29 is 4.79 Å². The summed E-state index contributed by atoms with van der Waals surface area (Å²) >= 11 is 0. The van der Waals surface area contributed by atoms with E-state index in [9.17, 15) is 4.79 Å². The van der Waals surface area contributed by atoms with E-state index < -0.39 is 0 Å². The first-order valence-electron chi connectivity index (χ1n) is 7.03. The molecule has 2 aliphatic heterocycles. The summed E-state index contributed by atoms with van der Waals surface area (Å²) in [5.41, 5.74) is 2.41. The maximum atomic E-state index is 12.1. The van der Waals surface area contributed by atoms with Gasteiger partial charge in [-0.25, -0.2) is 0 Å². The molecule has 2 heterocycles. The van der Waals surface area contributed by atoms with Crippen LogP contribution in [-0.4, -0.2) is 50.6 Å². The zero-order valence-corrected chi connectivity index (χ0v) is 11.4. The maximum absolute atomic E-state index is 12.1. The number of carbonyl (C=O) groups excluding carboxylic acids is 1. The van der Waals surface area contributed by atoms with Crippen molar-refractivity contribution >= 4 is 11.6 Å². The third-order valence-electron chi connectivity index (χ3n) is 4.13. The molecule has 102 valence electrons. The summed E-state index contributed by atoms with van der Waals surface area (Å²) in [5, 5.41) is 3.40. The van der Waals surface area contributed by atoms with Crippen LogP contribution in [-0.2, 0) is 4.79 Å². The fraction of sp³-hybridized carbons (Fsp3) is 0.533. The second-order valence-electron chi connectivity index (χ2n) is 5.57. The van der Waals surface area contributed by atoms with E-state index in [1.54, 1.807) is 0 Å². The number of amides is 1. The summed E-state index contributed by atoms with van der Waals surface area (Å²) < 4.78 is 0. The number of piperazine rings is 1. The molecule has 1 N–H and O–H groups in total. The van der Waals surface area contributed by atoms with Gasteiger partial charge in [0.15, 0.2) is 0 Å². The van der Waals surface area contributed by atoms with Crippen LogP contribution in [0.3, 0.4) is 0 Å². The number of nitrogens with zero attached hydrogens (tertiary/aromatic N) is 2. The van der Waals surface area contributed by atoms with Crippen molar-refractivity contribution in [3.8, 4) is 0 Å². The quantitative estimate of drug-likeness (QED) is 0.862. The molecule has 2 fully saturated rings. The smallest absolute Gasteiger partial charge is 0.241 e. The van der Waals surface area contributed by atoms with E-state index in [-0.39, 0.29) is 5.91 Å². The minimum atomic E-state index is 0.204. The van der Waals surface area contributed by atoms with Crippen molar-refractivity contribution in [1.29, 1.82) is 0 Å². The Kier molecular flexibility index (Phi) is 3.53. The summed E-state index contributed by atoms with van der Waals surface area (Å²) in [4.78, 5) is 16.1. The van der Waals surface area contributed by atoms with Gasteiger partial charge in [-0.05, 0) is 43.6 Å². The predicted octanol–water partition coefficient (Wildman–Crippen LogP) is 1.04. The topological polar surface area (TPSA) is 35.6 Å². The first-order chi connectivity index (χ1) is 9.24. The van der Waals surface area contributed by atoms with Crippen LogP contribution in [0.2, 0.25) is 0 Å². The molecule has 1 amide bonds. The molecular formula is C15H21N3O. The largest absolute Gasteiger partial charge is 0.316 e. The van der Waals surface area contributed by atoms with Crippen LogP contribution in [0, 0.1) is 0 Å². The monoisotopic (exact) mass is 259 g/mol. The van der Waals surface area contributed by atoms with Gasteiger partial charge in [0, 0.05) is 25.3 Å². The van der Waals surface area contributed by atoms with Crippen LogP contribution < -0.4 is 10.2 Å². The van der Waals surface area contributed by atoms with Crippen LogP contribution in [0.15, 0.2) is 24.3 Å². The van der Waals surface area contributed by atoms with Gasteiger partial charge in [0.25, 0.3) is 0 Å². The SMILES string of the molecule is CN1CCN(c2cccc(C3CCNC3)c2)C(=O)C1. The highest BCUT2D eigenvalue weighted by Gasteiger charge is 2.24. The molecular weight excluding hydrogens is 238 g/mol. The third-order valence-corrected chi connectivity index (χ3v) is 4.13. The lowest BCUT2D eigenvalue weighted by molar-refractivity contribution is -0.120. The highest BCUT2D eigenvalue weighted by atomic mass is 16.2. The van der Waals surface area contributed by atoms with Crippen LogP contribution in [0.1, 0.15) is 17.9 Å². The molecule has 0 radical (unpaired) electrons. The minimum absolute atomic E-state index is 0.204. The number of benzene rings is 1. The van der Waals surface area contributed by atoms with Gasteiger partial charge in [-0.3, -0.25) is 9.69 Å². The van der Waals surface area contributed by atoms with E-state index in [1.807, 2.05) is 11.9 Å². The Morgan fingerprint density at radius 2 is 2.21 bits per heavy atom. The zero-order chi connectivity index (χ0) is 13.2. The molecule has 19 heavy (non-hydrogen) atoms. The highest BCUT2D eigenvalue weighted by molar-refractivity contribution is 5.95. The Labute approximate surface area is 114 Å². The van der Waals surface area contributed by atoms with Gasteiger partial charge in [-0.2, -0.15) is 0 Å². The van der Waals surface area contributed by atoms with Crippen molar-refractivity contribution in [3.05, 3.63) is 29.8 Å². The predicted molar refractivity (Wildman–Crippen MR) is 76.5 cm³/mol. The summed E-state index contributed by atoms with van der Waals surface area (Å²) in [6, 6.07) is 8.51. The van der Waals surface area contributed by atoms with Crippen molar-refractivity contribution in [1.82, 2.24) is 10.2 Å². The van der Waals surface area contributed by atoms with E-state index in [2.05, 4.69) is 34.5 Å². The average Bonchev–Trinajstić information content (AvgIpc) is 2.93. The number of hydrogen-bond acceptors (Lipinski definition) is 3. The Hall–Kier alpha value is -1.39. The first kappa shape index (κ1) is 12.6. The molecule has 1 aromatic rings. The van der Waals surface area contributed by atoms with Crippen molar-refractivity contribution in [2.45, 2.75) is 12.3 Å². The van der Waals surface area contributed by atoms with E-state index in [1.165, 1.54) is 12.0 Å². The lowest BCUT2D eigenvalue weighted by atomic mass is 9.98. The standard InChI is InChI=1S/C15H21N3O/c1-17-7-8-18(15(19)11-17)14-4-2-3-12(9-14)13-5-6-16-10-13/h2-4,9,13,16H,5-8,10-11H2,1H3. The Bertz CT molecular complexity index is 468. The highest BCUT2D eigenvalue weighted by Crippen LogP contribution is 2.26. The van der Waals surface area contributed by atoms with Gasteiger partial charge < -0.3 is 10.2 Å². The summed E-state index contributed by atoms with van der Waals surface area (Å²) in [5.74, 6) is 0.804. The average molecular weight is 259 g/mol. The van der Waals surface area contributed by atoms with Gasteiger partial charge in [-0.15, -0.1) is 0 Å². The van der Waals surface area contributed by atoms with Gasteiger partial charge >= 0.3 is 0 Å². The van der Waals surface area contributed by atoms with Gasteiger partial charge in [0.2, 0.25) is 5.91 Å². The molecule has 0 aromatic heterocycles. The van der Waals surface area contributed by atoms with Gasteiger partial charge in [0.1, 0.15) is 0 Å². The molecule has 2 saturated heterocycles. The summed E-state index contributed by atoms with van der Waals surface area (Å²) in [7, 11) is 2.00. The van der Waals surface area contributed by atoms with E-state index in [4.69, 9.17) is 0 Å². The molecule has 0 bridgehead atoms.